The summed E-state index contributed by atoms with van der Waals surface area (Å²) in [4.78, 5) is 26.2. The van der Waals surface area contributed by atoms with Crippen molar-refractivity contribution in [2.45, 2.75) is 0 Å². The van der Waals surface area contributed by atoms with E-state index in [-0.39, 0.29) is 11.5 Å². The van der Waals surface area contributed by atoms with Crippen LogP contribution in [0, 0.1) is 0 Å². The second kappa shape index (κ2) is 6.15. The van der Waals surface area contributed by atoms with Crippen LogP contribution in [0.4, 0.5) is 5.69 Å². The molecule has 1 aromatic heterocycles. The Bertz CT molecular complexity index is 842. The van der Waals surface area contributed by atoms with Crippen molar-refractivity contribution < 1.29 is 19.8 Å². The summed E-state index contributed by atoms with van der Waals surface area (Å²) < 4.78 is 0.334. The molecular weight excluding hydrogens is 354 g/mol. The molecule has 0 spiro atoms. The van der Waals surface area contributed by atoms with E-state index < -0.39 is 11.7 Å². The number of carbonyl (C=O) groups is 2. The topological polar surface area (TPSA) is 77.8 Å². The first kappa shape index (κ1) is 15.7. The lowest BCUT2D eigenvalue weighted by atomic mass is 10.1. The first-order valence-corrected chi connectivity index (χ1v) is 8.45. The van der Waals surface area contributed by atoms with Crippen molar-refractivity contribution in [1.29, 1.82) is 0 Å². The van der Waals surface area contributed by atoms with Gasteiger partial charge in [0, 0.05) is 10.9 Å². The molecule has 5 nitrogen and oxygen atoms in total. The average Bonchev–Trinajstić information content (AvgIpc) is 3.08. The third-order valence-electron chi connectivity index (χ3n) is 3.08. The van der Waals surface area contributed by atoms with Crippen LogP contribution in [0.3, 0.4) is 0 Å². The monoisotopic (exact) mass is 363 g/mol. The van der Waals surface area contributed by atoms with Gasteiger partial charge in [-0.15, -0.1) is 11.3 Å². The van der Waals surface area contributed by atoms with Crippen molar-refractivity contribution in [3.8, 4) is 5.75 Å². The zero-order chi connectivity index (χ0) is 16.6. The smallest absolute Gasteiger partial charge is 0.339 e. The summed E-state index contributed by atoms with van der Waals surface area (Å²) in [6.07, 6.45) is 1.76. The second-order valence-corrected chi connectivity index (χ2v) is 7.19. The molecule has 1 aromatic carbocycles. The third-order valence-corrected chi connectivity index (χ3v) is 5.20. The average molecular weight is 363 g/mol. The standard InChI is InChI=1S/C15H9NO4S3/c17-11-6-8(3-4-10(11)14(19)20)16-13(18)12(23-15(16)21)7-9-2-1-5-22-9/h1-7,17H,(H,19,20)/b12-7-. The molecule has 0 unspecified atom stereocenters. The Morgan fingerprint density at radius 1 is 1.30 bits per heavy atom. The lowest BCUT2D eigenvalue weighted by Crippen LogP contribution is -2.27. The minimum atomic E-state index is -1.24. The summed E-state index contributed by atoms with van der Waals surface area (Å²) in [5, 5.41) is 20.6. The minimum absolute atomic E-state index is 0.228. The van der Waals surface area contributed by atoms with Crippen molar-refractivity contribution in [3.63, 3.8) is 0 Å². The summed E-state index contributed by atoms with van der Waals surface area (Å²) in [6, 6.07) is 7.70. The van der Waals surface area contributed by atoms with Gasteiger partial charge in [-0.25, -0.2) is 4.79 Å². The van der Waals surface area contributed by atoms with Gasteiger partial charge >= 0.3 is 5.97 Å². The lowest BCUT2D eigenvalue weighted by molar-refractivity contribution is -0.113. The zero-order valence-electron chi connectivity index (χ0n) is 11.4. The number of nitrogens with zero attached hydrogens (tertiary/aromatic N) is 1. The molecule has 0 radical (unpaired) electrons. The quantitative estimate of drug-likeness (QED) is 0.641. The highest BCUT2D eigenvalue weighted by atomic mass is 32.2. The molecule has 1 fully saturated rings. The van der Waals surface area contributed by atoms with Crippen LogP contribution in [-0.2, 0) is 4.79 Å². The van der Waals surface area contributed by atoms with E-state index in [2.05, 4.69) is 0 Å². The van der Waals surface area contributed by atoms with Crippen molar-refractivity contribution in [2.75, 3.05) is 4.90 Å². The van der Waals surface area contributed by atoms with E-state index in [0.717, 1.165) is 4.88 Å². The molecule has 2 N–H and O–H groups in total. The Balaban J connectivity index is 1.95. The lowest BCUT2D eigenvalue weighted by Gasteiger charge is -2.15. The van der Waals surface area contributed by atoms with Gasteiger partial charge in [0.2, 0.25) is 0 Å². The van der Waals surface area contributed by atoms with Gasteiger partial charge < -0.3 is 10.2 Å². The highest BCUT2D eigenvalue weighted by Crippen LogP contribution is 2.37. The number of hydrogen-bond acceptors (Lipinski definition) is 6. The molecule has 1 saturated heterocycles. The molecule has 0 atom stereocenters. The fourth-order valence-corrected chi connectivity index (χ4v) is 4.05. The number of thioether (sulfide) groups is 1. The van der Waals surface area contributed by atoms with Gasteiger partial charge in [0.15, 0.2) is 4.32 Å². The van der Waals surface area contributed by atoms with Crippen LogP contribution < -0.4 is 4.90 Å². The van der Waals surface area contributed by atoms with Gasteiger partial charge in [0.05, 0.1) is 10.6 Å². The minimum Gasteiger partial charge on any atom is -0.507 e. The highest BCUT2D eigenvalue weighted by Gasteiger charge is 2.33. The largest absolute Gasteiger partial charge is 0.507 e. The van der Waals surface area contributed by atoms with Crippen LogP contribution in [0.25, 0.3) is 6.08 Å². The number of amides is 1. The normalized spacial score (nSPS) is 16.3. The number of rotatable bonds is 3. The van der Waals surface area contributed by atoms with Crippen LogP contribution in [0.15, 0.2) is 40.6 Å². The summed E-state index contributed by atoms with van der Waals surface area (Å²) >= 11 is 7.91. The van der Waals surface area contributed by atoms with E-state index in [1.54, 1.807) is 6.08 Å². The maximum atomic E-state index is 12.5. The SMILES string of the molecule is O=C(O)c1ccc(N2C(=O)/C(=C/c3cccs3)SC2=S)cc1O. The molecule has 2 heterocycles. The Morgan fingerprint density at radius 3 is 2.70 bits per heavy atom. The molecular formula is C15H9NO4S3. The first-order valence-electron chi connectivity index (χ1n) is 6.35. The van der Waals surface area contributed by atoms with E-state index in [4.69, 9.17) is 17.3 Å². The number of thiophene rings is 1. The Kier molecular flexibility index (Phi) is 4.20. The molecule has 1 aliphatic rings. The second-order valence-electron chi connectivity index (χ2n) is 4.54. The number of carboxylic acid groups (broad SMARTS) is 1. The number of carboxylic acids is 1. The number of thiocarbonyl (C=S) groups is 1. The Labute approximate surface area is 144 Å². The number of aromatic hydroxyl groups is 1. The molecule has 0 saturated carbocycles. The number of carbonyl (C=O) groups excluding carboxylic acids is 1. The number of hydrogen-bond donors (Lipinski definition) is 2. The van der Waals surface area contributed by atoms with Crippen LogP contribution in [0.2, 0.25) is 0 Å². The van der Waals surface area contributed by atoms with Crippen LogP contribution >= 0.6 is 35.3 Å². The van der Waals surface area contributed by atoms with E-state index in [0.29, 0.717) is 14.9 Å². The van der Waals surface area contributed by atoms with Gasteiger partial charge in [0.1, 0.15) is 11.3 Å². The van der Waals surface area contributed by atoms with E-state index in [1.165, 1.54) is 46.2 Å². The molecule has 0 aliphatic carbocycles. The fraction of sp³-hybridized carbons (Fsp3) is 0. The summed E-state index contributed by atoms with van der Waals surface area (Å²) in [5.74, 6) is -1.95. The number of phenols is 1. The maximum Gasteiger partial charge on any atom is 0.339 e. The van der Waals surface area contributed by atoms with Gasteiger partial charge in [-0.3, -0.25) is 9.69 Å². The van der Waals surface area contributed by atoms with Gasteiger partial charge in [-0.05, 0) is 29.7 Å². The molecule has 1 aliphatic heterocycles. The molecule has 23 heavy (non-hydrogen) atoms. The Hall–Kier alpha value is -2.16. The zero-order valence-corrected chi connectivity index (χ0v) is 13.9. The van der Waals surface area contributed by atoms with E-state index in [1.807, 2.05) is 17.5 Å². The first-order chi connectivity index (χ1) is 11.0. The van der Waals surface area contributed by atoms with Gasteiger partial charge in [-0.2, -0.15) is 0 Å². The molecule has 116 valence electrons. The van der Waals surface area contributed by atoms with Crippen LogP contribution in [0.1, 0.15) is 15.2 Å². The fourth-order valence-electron chi connectivity index (χ4n) is 2.03. The maximum absolute atomic E-state index is 12.5. The highest BCUT2D eigenvalue weighted by molar-refractivity contribution is 8.27. The summed E-state index contributed by atoms with van der Waals surface area (Å²) in [6.45, 7) is 0. The van der Waals surface area contributed by atoms with E-state index in [9.17, 15) is 14.7 Å². The third kappa shape index (κ3) is 3.00. The van der Waals surface area contributed by atoms with Crippen LogP contribution in [0.5, 0.6) is 5.75 Å². The van der Waals surface area contributed by atoms with Crippen molar-refractivity contribution in [1.82, 2.24) is 0 Å². The molecule has 8 heteroatoms. The van der Waals surface area contributed by atoms with Gasteiger partial charge in [0.25, 0.3) is 5.91 Å². The van der Waals surface area contributed by atoms with Crippen molar-refractivity contribution >= 4 is 63.3 Å². The van der Waals surface area contributed by atoms with E-state index >= 15 is 0 Å². The predicted molar refractivity (Wildman–Crippen MR) is 95.0 cm³/mol. The number of benzene rings is 1. The molecule has 2 aromatic rings. The molecule has 1 amide bonds. The summed E-state index contributed by atoms with van der Waals surface area (Å²) in [7, 11) is 0. The van der Waals surface area contributed by atoms with Gasteiger partial charge in [-0.1, -0.05) is 30.0 Å². The number of aromatic carboxylic acids is 1. The molecule has 0 bridgehead atoms. The van der Waals surface area contributed by atoms with Crippen molar-refractivity contribution in [2.24, 2.45) is 0 Å². The number of anilines is 1. The van der Waals surface area contributed by atoms with Crippen molar-refractivity contribution in [3.05, 3.63) is 51.1 Å². The predicted octanol–water partition coefficient (Wildman–Crippen LogP) is 3.56. The Morgan fingerprint density at radius 2 is 2.09 bits per heavy atom. The summed E-state index contributed by atoms with van der Waals surface area (Å²) in [5.41, 5.74) is 0.109. The molecule has 3 rings (SSSR count). The van der Waals surface area contributed by atoms with Crippen LogP contribution in [-0.4, -0.2) is 26.4 Å².